The van der Waals surface area contributed by atoms with E-state index in [0.717, 1.165) is 15.8 Å². The van der Waals surface area contributed by atoms with Gasteiger partial charge in [-0.1, -0.05) is 15.9 Å². The summed E-state index contributed by atoms with van der Waals surface area (Å²) in [6.45, 7) is 6.24. The molecule has 0 amide bonds. The molecule has 1 unspecified atom stereocenters. The minimum absolute atomic E-state index is 0.227. The smallest absolute Gasteiger partial charge is 0.226 e. The fourth-order valence-electron chi connectivity index (χ4n) is 2.37. The highest BCUT2D eigenvalue weighted by atomic mass is 79.9. The molecule has 2 aromatic heterocycles. The van der Waals surface area contributed by atoms with Crippen molar-refractivity contribution in [1.29, 1.82) is 0 Å². The van der Waals surface area contributed by atoms with E-state index in [1.54, 1.807) is 13.3 Å². The molecule has 0 fully saturated rings. The number of hydrogen-bond acceptors (Lipinski definition) is 6. The molecule has 1 aromatic carbocycles. The van der Waals surface area contributed by atoms with Gasteiger partial charge in [0.05, 0.1) is 12.4 Å². The van der Waals surface area contributed by atoms with Crippen molar-refractivity contribution in [1.82, 2.24) is 19.5 Å². The summed E-state index contributed by atoms with van der Waals surface area (Å²) in [4.78, 5) is 13.6. The van der Waals surface area contributed by atoms with E-state index >= 15 is 0 Å². The number of hydrogen-bond donors (Lipinski definition) is 3. The van der Waals surface area contributed by atoms with E-state index in [1.807, 2.05) is 28.8 Å². The van der Waals surface area contributed by atoms with Crippen molar-refractivity contribution in [3.05, 3.63) is 35.1 Å². The van der Waals surface area contributed by atoms with Gasteiger partial charge in [-0.3, -0.25) is 0 Å². The van der Waals surface area contributed by atoms with Crippen molar-refractivity contribution in [3.8, 4) is 0 Å². The molecule has 0 radical (unpaired) electrons. The summed E-state index contributed by atoms with van der Waals surface area (Å²) < 4.78 is 3.01. The fraction of sp³-hybridized carbons (Fsp3) is 0.353. The van der Waals surface area contributed by atoms with Gasteiger partial charge in [0.15, 0.2) is 17.0 Å². The number of aromatic nitrogens is 4. The van der Waals surface area contributed by atoms with E-state index in [1.165, 1.54) is 0 Å². The Bertz CT molecular complexity index is 859. The molecule has 0 saturated heterocycles. The number of rotatable bonds is 6. The highest BCUT2D eigenvalue weighted by molar-refractivity contribution is 9.10. The van der Waals surface area contributed by atoms with Crippen LogP contribution in [0, 0.1) is 0 Å². The van der Waals surface area contributed by atoms with Crippen molar-refractivity contribution in [2.75, 3.05) is 17.2 Å². The van der Waals surface area contributed by atoms with E-state index in [0.29, 0.717) is 23.8 Å². The molecule has 2 heterocycles. The fourth-order valence-corrected chi connectivity index (χ4v) is 2.63. The normalized spacial score (nSPS) is 12.6. The number of halogens is 1. The Morgan fingerprint density at radius 2 is 1.88 bits per heavy atom. The highest BCUT2D eigenvalue weighted by Gasteiger charge is 2.15. The molecule has 3 aromatic rings. The molecule has 0 saturated carbocycles. The SMILES string of the molecule is CC(O)CNc1nc(Nc2ccc(Br)cc2)c2ncn(C(C)C)c2n1. The highest BCUT2D eigenvalue weighted by Crippen LogP contribution is 2.26. The Labute approximate surface area is 154 Å². The van der Waals surface area contributed by atoms with Crippen LogP contribution in [0.4, 0.5) is 17.5 Å². The third-order valence-electron chi connectivity index (χ3n) is 3.64. The Kier molecular flexibility index (Phi) is 5.19. The molecule has 0 aliphatic rings. The standard InChI is InChI=1S/C17H21BrN6O/c1-10(2)24-9-20-14-15(21-13-6-4-12(18)5-7-13)22-17(23-16(14)24)19-8-11(3)25/h4-7,9-11,25H,8H2,1-3H3,(H2,19,21,22,23). The van der Waals surface area contributed by atoms with Gasteiger partial charge in [-0.25, -0.2) is 4.98 Å². The van der Waals surface area contributed by atoms with Crippen LogP contribution >= 0.6 is 15.9 Å². The molecule has 7 nitrogen and oxygen atoms in total. The number of nitrogens with zero attached hydrogens (tertiary/aromatic N) is 4. The van der Waals surface area contributed by atoms with Crippen molar-refractivity contribution in [3.63, 3.8) is 0 Å². The van der Waals surface area contributed by atoms with Crippen LogP contribution in [0.3, 0.4) is 0 Å². The average Bonchev–Trinajstić information content (AvgIpc) is 2.99. The van der Waals surface area contributed by atoms with Gasteiger partial charge in [-0.05, 0) is 45.0 Å². The molecular weight excluding hydrogens is 384 g/mol. The maximum atomic E-state index is 9.50. The van der Waals surface area contributed by atoms with Crippen molar-refractivity contribution in [2.45, 2.75) is 32.9 Å². The number of aliphatic hydroxyl groups excluding tert-OH is 1. The Hall–Kier alpha value is -2.19. The van der Waals surface area contributed by atoms with E-state index in [-0.39, 0.29) is 6.04 Å². The van der Waals surface area contributed by atoms with E-state index in [4.69, 9.17) is 0 Å². The molecule has 0 aliphatic carbocycles. The molecule has 3 N–H and O–H groups in total. The number of imidazole rings is 1. The monoisotopic (exact) mass is 404 g/mol. The van der Waals surface area contributed by atoms with Crippen molar-refractivity contribution in [2.24, 2.45) is 0 Å². The number of anilines is 3. The predicted molar refractivity (Wildman–Crippen MR) is 103 cm³/mol. The molecule has 1 atom stereocenters. The third-order valence-corrected chi connectivity index (χ3v) is 4.17. The van der Waals surface area contributed by atoms with E-state index in [2.05, 4.69) is 55.4 Å². The zero-order chi connectivity index (χ0) is 18.0. The van der Waals surface area contributed by atoms with Gasteiger partial charge in [0.2, 0.25) is 5.95 Å². The number of benzene rings is 1. The first-order chi connectivity index (χ1) is 11.9. The summed E-state index contributed by atoms with van der Waals surface area (Å²) in [6.07, 6.45) is 1.28. The van der Waals surface area contributed by atoms with Gasteiger partial charge in [0.25, 0.3) is 0 Å². The van der Waals surface area contributed by atoms with Crippen LogP contribution in [0.2, 0.25) is 0 Å². The van der Waals surface area contributed by atoms with Crippen LogP contribution in [0.25, 0.3) is 11.2 Å². The molecule has 8 heteroatoms. The minimum Gasteiger partial charge on any atom is -0.392 e. The Balaban J connectivity index is 2.03. The lowest BCUT2D eigenvalue weighted by atomic mass is 10.3. The maximum absolute atomic E-state index is 9.50. The molecule has 132 valence electrons. The molecule has 0 aliphatic heterocycles. The molecule has 3 rings (SSSR count). The zero-order valence-electron chi connectivity index (χ0n) is 14.4. The lowest BCUT2D eigenvalue weighted by molar-refractivity contribution is 0.208. The summed E-state index contributed by atoms with van der Waals surface area (Å²) >= 11 is 3.43. The average molecular weight is 405 g/mol. The van der Waals surface area contributed by atoms with Gasteiger partial charge >= 0.3 is 0 Å². The van der Waals surface area contributed by atoms with Crippen LogP contribution < -0.4 is 10.6 Å². The summed E-state index contributed by atoms with van der Waals surface area (Å²) in [5, 5.41) is 15.9. The topological polar surface area (TPSA) is 87.9 Å². The summed E-state index contributed by atoms with van der Waals surface area (Å²) in [5.41, 5.74) is 2.36. The van der Waals surface area contributed by atoms with Gasteiger partial charge in [0, 0.05) is 22.7 Å². The lowest BCUT2D eigenvalue weighted by Gasteiger charge is -2.12. The zero-order valence-corrected chi connectivity index (χ0v) is 15.9. The van der Waals surface area contributed by atoms with Crippen LogP contribution in [0.5, 0.6) is 0 Å². The van der Waals surface area contributed by atoms with Gasteiger partial charge in [-0.15, -0.1) is 0 Å². The summed E-state index contributed by atoms with van der Waals surface area (Å²) in [5.74, 6) is 1.08. The van der Waals surface area contributed by atoms with Crippen LogP contribution in [0.15, 0.2) is 35.1 Å². The number of aliphatic hydroxyl groups is 1. The first kappa shape index (κ1) is 17.6. The van der Waals surface area contributed by atoms with E-state index < -0.39 is 6.10 Å². The van der Waals surface area contributed by atoms with Crippen LogP contribution in [-0.4, -0.2) is 37.3 Å². The van der Waals surface area contributed by atoms with Crippen molar-refractivity contribution < 1.29 is 5.11 Å². The molecule has 0 bridgehead atoms. The lowest BCUT2D eigenvalue weighted by Crippen LogP contribution is -2.17. The van der Waals surface area contributed by atoms with Crippen LogP contribution in [0.1, 0.15) is 26.8 Å². The van der Waals surface area contributed by atoms with E-state index in [9.17, 15) is 5.11 Å². The van der Waals surface area contributed by atoms with Gasteiger partial charge < -0.3 is 20.3 Å². The summed E-state index contributed by atoms with van der Waals surface area (Å²) in [7, 11) is 0. The Morgan fingerprint density at radius 1 is 1.16 bits per heavy atom. The minimum atomic E-state index is -0.489. The second kappa shape index (κ2) is 7.37. The van der Waals surface area contributed by atoms with Gasteiger partial charge in [-0.2, -0.15) is 9.97 Å². The van der Waals surface area contributed by atoms with Crippen LogP contribution in [-0.2, 0) is 0 Å². The van der Waals surface area contributed by atoms with Gasteiger partial charge in [0.1, 0.15) is 0 Å². The maximum Gasteiger partial charge on any atom is 0.226 e. The Morgan fingerprint density at radius 3 is 2.52 bits per heavy atom. The largest absolute Gasteiger partial charge is 0.392 e. The molecular formula is C17H21BrN6O. The quantitative estimate of drug-likeness (QED) is 0.580. The number of fused-ring (bicyclic) bond motifs is 1. The first-order valence-corrected chi connectivity index (χ1v) is 8.92. The molecule has 25 heavy (non-hydrogen) atoms. The van der Waals surface area contributed by atoms with Crippen molar-refractivity contribution >= 4 is 44.5 Å². The second-order valence-corrected chi connectivity index (χ2v) is 7.09. The molecule has 0 spiro atoms. The number of nitrogens with one attached hydrogen (secondary N) is 2. The third kappa shape index (κ3) is 4.08. The first-order valence-electron chi connectivity index (χ1n) is 8.13. The predicted octanol–water partition coefficient (Wildman–Crippen LogP) is 3.71. The summed E-state index contributed by atoms with van der Waals surface area (Å²) in [6, 6.07) is 8.06. The second-order valence-electron chi connectivity index (χ2n) is 6.18.